The van der Waals surface area contributed by atoms with Gasteiger partial charge in [-0.15, -0.1) is 11.8 Å². The minimum absolute atomic E-state index is 0.0609. The standard InChI is InChI=1S/C17H13FN2O3S/c1-19-14-6-5-10(8-15(14)20(22)23)7-11-9-24-17-12(16(11)21)3-2-4-13(17)18/h2-8,19H,9H2,1H3. The van der Waals surface area contributed by atoms with Gasteiger partial charge < -0.3 is 5.32 Å². The molecule has 0 amide bonds. The number of rotatable bonds is 3. The lowest BCUT2D eigenvalue weighted by Crippen LogP contribution is -2.13. The van der Waals surface area contributed by atoms with Crippen molar-refractivity contribution < 1.29 is 14.1 Å². The Kier molecular flexibility index (Phi) is 4.35. The number of nitro groups is 1. The van der Waals surface area contributed by atoms with Crippen LogP contribution in [0.25, 0.3) is 6.08 Å². The highest BCUT2D eigenvalue weighted by Crippen LogP contribution is 2.35. The van der Waals surface area contributed by atoms with E-state index >= 15 is 0 Å². The van der Waals surface area contributed by atoms with Gasteiger partial charge in [-0.3, -0.25) is 14.9 Å². The Morgan fingerprint density at radius 1 is 1.33 bits per heavy atom. The van der Waals surface area contributed by atoms with Gasteiger partial charge in [0.05, 0.1) is 9.82 Å². The van der Waals surface area contributed by atoms with Crippen LogP contribution >= 0.6 is 11.8 Å². The van der Waals surface area contributed by atoms with Gasteiger partial charge in [-0.05, 0) is 29.8 Å². The van der Waals surface area contributed by atoms with E-state index in [1.54, 1.807) is 31.3 Å². The fraction of sp³-hybridized carbons (Fsp3) is 0.118. The molecule has 0 aromatic heterocycles. The van der Waals surface area contributed by atoms with Crippen LogP contribution in [0.5, 0.6) is 0 Å². The van der Waals surface area contributed by atoms with E-state index in [1.807, 2.05) is 0 Å². The number of ketones is 1. The van der Waals surface area contributed by atoms with Crippen LogP contribution in [0.1, 0.15) is 15.9 Å². The highest BCUT2D eigenvalue weighted by Gasteiger charge is 2.25. The van der Waals surface area contributed by atoms with E-state index in [0.717, 1.165) is 0 Å². The number of fused-ring (bicyclic) bond motifs is 1. The summed E-state index contributed by atoms with van der Waals surface area (Å²) in [5, 5.41) is 13.9. The van der Waals surface area contributed by atoms with Crippen LogP contribution in [0.3, 0.4) is 0 Å². The van der Waals surface area contributed by atoms with Crippen LogP contribution in [0.15, 0.2) is 46.9 Å². The third-order valence-corrected chi connectivity index (χ3v) is 4.86. The van der Waals surface area contributed by atoms with Gasteiger partial charge >= 0.3 is 0 Å². The third-order valence-electron chi connectivity index (χ3n) is 3.70. The van der Waals surface area contributed by atoms with Crippen LogP contribution in [0, 0.1) is 15.9 Å². The number of nitro benzene ring substituents is 1. The normalized spacial score (nSPS) is 15.2. The van der Waals surface area contributed by atoms with Crippen molar-refractivity contribution in [1.82, 2.24) is 0 Å². The van der Waals surface area contributed by atoms with Gasteiger partial charge in [0.1, 0.15) is 11.5 Å². The fourth-order valence-electron chi connectivity index (χ4n) is 2.53. The first-order chi connectivity index (χ1) is 11.5. The largest absolute Gasteiger partial charge is 0.383 e. The van der Waals surface area contributed by atoms with Crippen LogP contribution in [0.4, 0.5) is 15.8 Å². The molecular weight excluding hydrogens is 331 g/mol. The molecule has 2 aromatic carbocycles. The zero-order chi connectivity index (χ0) is 17.3. The topological polar surface area (TPSA) is 72.2 Å². The Balaban J connectivity index is 2.00. The number of halogens is 1. The number of Topliss-reactive ketones (excluding diaryl/α,β-unsaturated/α-hetero) is 1. The molecule has 0 atom stereocenters. The molecule has 5 nitrogen and oxygen atoms in total. The monoisotopic (exact) mass is 344 g/mol. The van der Waals surface area contributed by atoms with Gasteiger partial charge in [0, 0.05) is 30.0 Å². The van der Waals surface area contributed by atoms with E-state index in [-0.39, 0.29) is 11.5 Å². The molecule has 0 bridgehead atoms. The number of carbonyl (C=O) groups is 1. The van der Waals surface area contributed by atoms with Crippen molar-refractivity contribution in [3.05, 3.63) is 69.0 Å². The molecule has 0 saturated heterocycles. The van der Waals surface area contributed by atoms with Gasteiger partial charge in [0.25, 0.3) is 5.69 Å². The molecule has 24 heavy (non-hydrogen) atoms. The average molecular weight is 344 g/mol. The Hall–Kier alpha value is -2.67. The zero-order valence-electron chi connectivity index (χ0n) is 12.7. The van der Waals surface area contributed by atoms with Crippen molar-refractivity contribution in [2.24, 2.45) is 0 Å². The first-order valence-corrected chi connectivity index (χ1v) is 8.12. The first-order valence-electron chi connectivity index (χ1n) is 7.14. The predicted molar refractivity (Wildman–Crippen MR) is 92.1 cm³/mol. The molecule has 2 aromatic rings. The molecule has 0 fully saturated rings. The van der Waals surface area contributed by atoms with E-state index < -0.39 is 10.7 Å². The van der Waals surface area contributed by atoms with E-state index in [0.29, 0.717) is 33.0 Å². The highest BCUT2D eigenvalue weighted by atomic mass is 32.2. The number of thioether (sulfide) groups is 1. The Bertz CT molecular complexity index is 880. The molecule has 1 N–H and O–H groups in total. The minimum atomic E-state index is -0.476. The number of nitrogens with zero attached hydrogens (tertiary/aromatic N) is 1. The zero-order valence-corrected chi connectivity index (χ0v) is 13.5. The summed E-state index contributed by atoms with van der Waals surface area (Å²) in [5.41, 5.74) is 1.72. The molecule has 0 unspecified atom stereocenters. The maximum Gasteiger partial charge on any atom is 0.292 e. The smallest absolute Gasteiger partial charge is 0.292 e. The molecular formula is C17H13FN2O3S. The van der Waals surface area contributed by atoms with E-state index in [1.165, 1.54) is 30.0 Å². The maximum atomic E-state index is 13.7. The summed E-state index contributed by atoms with van der Waals surface area (Å²) >= 11 is 1.25. The second-order valence-electron chi connectivity index (χ2n) is 5.19. The molecule has 1 aliphatic heterocycles. The van der Waals surface area contributed by atoms with Crippen molar-refractivity contribution >= 4 is 35.0 Å². The van der Waals surface area contributed by atoms with Gasteiger partial charge in [-0.2, -0.15) is 0 Å². The molecule has 1 heterocycles. The summed E-state index contributed by atoms with van der Waals surface area (Å²) in [7, 11) is 1.60. The summed E-state index contributed by atoms with van der Waals surface area (Å²) in [6.07, 6.45) is 1.62. The number of hydrogen-bond acceptors (Lipinski definition) is 5. The summed E-state index contributed by atoms with van der Waals surface area (Å²) in [4.78, 5) is 23.5. The second kappa shape index (κ2) is 6.45. The Labute approximate surface area is 141 Å². The number of carbonyl (C=O) groups excluding carboxylic acids is 1. The van der Waals surface area contributed by atoms with Crippen LogP contribution < -0.4 is 5.32 Å². The molecule has 0 radical (unpaired) electrons. The molecule has 0 saturated carbocycles. The lowest BCUT2D eigenvalue weighted by Gasteiger charge is -2.17. The van der Waals surface area contributed by atoms with Crippen molar-refractivity contribution in [2.75, 3.05) is 18.1 Å². The molecule has 3 rings (SSSR count). The van der Waals surface area contributed by atoms with Gasteiger partial charge in [0.2, 0.25) is 0 Å². The lowest BCUT2D eigenvalue weighted by atomic mass is 10.0. The highest BCUT2D eigenvalue weighted by molar-refractivity contribution is 7.99. The van der Waals surface area contributed by atoms with Gasteiger partial charge in [0.15, 0.2) is 5.78 Å². The van der Waals surface area contributed by atoms with Crippen LogP contribution in [-0.2, 0) is 0 Å². The summed E-state index contributed by atoms with van der Waals surface area (Å²) in [6.45, 7) is 0. The summed E-state index contributed by atoms with van der Waals surface area (Å²) < 4.78 is 13.7. The van der Waals surface area contributed by atoms with E-state index in [2.05, 4.69) is 5.32 Å². The average Bonchev–Trinajstić information content (AvgIpc) is 2.58. The molecule has 122 valence electrons. The van der Waals surface area contributed by atoms with Crippen molar-refractivity contribution in [2.45, 2.75) is 4.90 Å². The quantitative estimate of drug-likeness (QED) is 0.514. The lowest BCUT2D eigenvalue weighted by molar-refractivity contribution is -0.383. The molecule has 0 spiro atoms. The van der Waals surface area contributed by atoms with E-state index in [4.69, 9.17) is 0 Å². The predicted octanol–water partition coefficient (Wildman–Crippen LogP) is 4.15. The van der Waals surface area contributed by atoms with Crippen molar-refractivity contribution in [3.63, 3.8) is 0 Å². The summed E-state index contributed by atoms with van der Waals surface area (Å²) in [5.74, 6) is -0.323. The molecule has 0 aliphatic carbocycles. The number of benzene rings is 2. The third kappa shape index (κ3) is 2.90. The fourth-order valence-corrected chi connectivity index (χ4v) is 3.57. The number of hydrogen-bond donors (Lipinski definition) is 1. The minimum Gasteiger partial charge on any atom is -0.383 e. The second-order valence-corrected chi connectivity index (χ2v) is 6.17. The maximum absolute atomic E-state index is 13.7. The van der Waals surface area contributed by atoms with Crippen molar-refractivity contribution in [3.8, 4) is 0 Å². The van der Waals surface area contributed by atoms with Crippen LogP contribution in [0.2, 0.25) is 0 Å². The number of nitrogens with one attached hydrogen (secondary N) is 1. The molecule has 1 aliphatic rings. The SMILES string of the molecule is CNc1ccc(C=C2CSc3c(F)cccc3C2=O)cc1[N+](=O)[O-]. The van der Waals surface area contributed by atoms with Gasteiger partial charge in [-0.25, -0.2) is 4.39 Å². The van der Waals surface area contributed by atoms with Crippen LogP contribution in [-0.4, -0.2) is 23.5 Å². The Morgan fingerprint density at radius 3 is 2.83 bits per heavy atom. The molecule has 7 heteroatoms. The first kappa shape index (κ1) is 16.2. The number of anilines is 1. The van der Waals surface area contributed by atoms with Gasteiger partial charge in [-0.1, -0.05) is 12.1 Å². The Morgan fingerprint density at radius 2 is 2.12 bits per heavy atom. The van der Waals surface area contributed by atoms with Crippen molar-refractivity contribution in [1.29, 1.82) is 0 Å². The summed E-state index contributed by atoms with van der Waals surface area (Å²) in [6, 6.07) is 9.13. The van der Waals surface area contributed by atoms with E-state index in [9.17, 15) is 19.3 Å².